The van der Waals surface area contributed by atoms with Crippen LogP contribution < -0.4 is 0 Å². The second kappa shape index (κ2) is 8.46. The highest BCUT2D eigenvalue weighted by molar-refractivity contribution is 5.77. The number of likely N-dealkylation sites (tertiary alicyclic amines) is 2. The Bertz CT molecular complexity index is 479. The second-order valence-corrected chi connectivity index (χ2v) is 6.72. The molecule has 0 spiro atoms. The summed E-state index contributed by atoms with van der Waals surface area (Å²) in [6.07, 6.45) is 5.89. The van der Waals surface area contributed by atoms with E-state index in [2.05, 4.69) is 17.0 Å². The standard InChI is InChI=1S/C19H28N2O2/c22-19(10-7-13-20-11-5-2-6-12-20)21-14-18(15-21)23-16-17-8-3-1-4-9-17/h1,3-4,8-9,18H,2,5-7,10-16H2. The molecule has 0 aliphatic carbocycles. The monoisotopic (exact) mass is 316 g/mol. The smallest absolute Gasteiger partial charge is 0.222 e. The molecule has 4 nitrogen and oxygen atoms in total. The Morgan fingerprint density at radius 2 is 1.83 bits per heavy atom. The molecule has 0 N–H and O–H groups in total. The lowest BCUT2D eigenvalue weighted by molar-refractivity contribution is -0.146. The summed E-state index contributed by atoms with van der Waals surface area (Å²) < 4.78 is 5.84. The molecule has 2 heterocycles. The minimum Gasteiger partial charge on any atom is -0.370 e. The minimum atomic E-state index is 0.209. The van der Waals surface area contributed by atoms with Gasteiger partial charge in [0.2, 0.25) is 5.91 Å². The van der Waals surface area contributed by atoms with E-state index in [0.29, 0.717) is 18.9 Å². The Balaban J connectivity index is 1.26. The van der Waals surface area contributed by atoms with Gasteiger partial charge >= 0.3 is 0 Å². The van der Waals surface area contributed by atoms with Crippen LogP contribution in [0.1, 0.15) is 37.7 Å². The maximum absolute atomic E-state index is 12.1. The molecule has 0 radical (unpaired) electrons. The van der Waals surface area contributed by atoms with E-state index in [0.717, 1.165) is 26.1 Å². The van der Waals surface area contributed by atoms with Crippen molar-refractivity contribution in [2.45, 2.75) is 44.8 Å². The number of hydrogen-bond donors (Lipinski definition) is 0. The predicted octanol–water partition coefficient (Wildman–Crippen LogP) is 2.68. The number of amides is 1. The molecular weight excluding hydrogens is 288 g/mol. The van der Waals surface area contributed by atoms with E-state index >= 15 is 0 Å². The van der Waals surface area contributed by atoms with E-state index in [1.165, 1.54) is 37.9 Å². The van der Waals surface area contributed by atoms with Gasteiger partial charge in [0.15, 0.2) is 0 Å². The van der Waals surface area contributed by atoms with Gasteiger partial charge in [-0.25, -0.2) is 0 Å². The van der Waals surface area contributed by atoms with Crippen LogP contribution in [0.3, 0.4) is 0 Å². The molecule has 23 heavy (non-hydrogen) atoms. The number of nitrogens with zero attached hydrogens (tertiary/aromatic N) is 2. The van der Waals surface area contributed by atoms with Gasteiger partial charge in [-0.1, -0.05) is 36.8 Å². The highest BCUT2D eigenvalue weighted by atomic mass is 16.5. The first-order valence-electron chi connectivity index (χ1n) is 8.97. The SMILES string of the molecule is O=C(CCCN1CCCCC1)N1CC(OCc2ccccc2)C1. The van der Waals surface area contributed by atoms with E-state index in [1.807, 2.05) is 23.1 Å². The van der Waals surface area contributed by atoms with Gasteiger partial charge in [0, 0.05) is 19.5 Å². The topological polar surface area (TPSA) is 32.8 Å². The first kappa shape index (κ1) is 16.5. The quantitative estimate of drug-likeness (QED) is 0.775. The molecule has 4 heteroatoms. The van der Waals surface area contributed by atoms with Crippen molar-refractivity contribution in [1.29, 1.82) is 0 Å². The first-order chi connectivity index (χ1) is 11.3. The van der Waals surface area contributed by atoms with E-state index in [4.69, 9.17) is 4.74 Å². The third-order valence-electron chi connectivity index (χ3n) is 4.84. The Morgan fingerprint density at radius 3 is 2.57 bits per heavy atom. The summed E-state index contributed by atoms with van der Waals surface area (Å²) in [5, 5.41) is 0. The summed E-state index contributed by atoms with van der Waals surface area (Å²) in [5.74, 6) is 0.293. The maximum Gasteiger partial charge on any atom is 0.222 e. The summed E-state index contributed by atoms with van der Waals surface area (Å²) in [4.78, 5) is 16.6. The molecule has 2 fully saturated rings. The molecule has 2 saturated heterocycles. The van der Waals surface area contributed by atoms with Crippen molar-refractivity contribution in [1.82, 2.24) is 9.80 Å². The lowest BCUT2D eigenvalue weighted by Gasteiger charge is -2.39. The Kier molecular flexibility index (Phi) is 6.06. The zero-order valence-electron chi connectivity index (χ0n) is 14.0. The second-order valence-electron chi connectivity index (χ2n) is 6.72. The Hall–Kier alpha value is -1.39. The highest BCUT2D eigenvalue weighted by Gasteiger charge is 2.30. The molecule has 2 aliphatic rings. The number of benzene rings is 1. The molecule has 1 amide bonds. The molecule has 0 aromatic heterocycles. The Labute approximate surface area is 139 Å². The maximum atomic E-state index is 12.1. The third-order valence-corrected chi connectivity index (χ3v) is 4.84. The first-order valence-corrected chi connectivity index (χ1v) is 8.97. The molecular formula is C19H28N2O2. The molecule has 0 unspecified atom stereocenters. The van der Waals surface area contributed by atoms with Crippen molar-refractivity contribution in [3.63, 3.8) is 0 Å². The van der Waals surface area contributed by atoms with Crippen molar-refractivity contribution in [3.8, 4) is 0 Å². The van der Waals surface area contributed by atoms with Crippen LogP contribution in [0.4, 0.5) is 0 Å². The van der Waals surface area contributed by atoms with Crippen molar-refractivity contribution in [2.24, 2.45) is 0 Å². The molecule has 126 valence electrons. The summed E-state index contributed by atoms with van der Waals surface area (Å²) in [6, 6.07) is 10.2. The average Bonchev–Trinajstić information content (AvgIpc) is 2.55. The summed E-state index contributed by atoms with van der Waals surface area (Å²) in [7, 11) is 0. The molecule has 3 rings (SSSR count). The number of hydrogen-bond acceptors (Lipinski definition) is 3. The van der Waals surface area contributed by atoms with Crippen LogP contribution >= 0.6 is 0 Å². The van der Waals surface area contributed by atoms with Gasteiger partial charge in [-0.3, -0.25) is 4.79 Å². The fourth-order valence-corrected chi connectivity index (χ4v) is 3.33. The Morgan fingerprint density at radius 1 is 1.09 bits per heavy atom. The largest absolute Gasteiger partial charge is 0.370 e. The van der Waals surface area contributed by atoms with E-state index in [1.54, 1.807) is 0 Å². The summed E-state index contributed by atoms with van der Waals surface area (Å²) in [6.45, 7) is 5.67. The number of piperidine rings is 1. The van der Waals surface area contributed by atoms with Crippen molar-refractivity contribution >= 4 is 5.91 Å². The number of ether oxygens (including phenoxy) is 1. The van der Waals surface area contributed by atoms with Crippen LogP contribution in [0.2, 0.25) is 0 Å². The van der Waals surface area contributed by atoms with Crippen molar-refractivity contribution in [3.05, 3.63) is 35.9 Å². The number of carbonyl (C=O) groups is 1. The van der Waals surface area contributed by atoms with Crippen LogP contribution in [0.25, 0.3) is 0 Å². The van der Waals surface area contributed by atoms with Crippen LogP contribution in [0.15, 0.2) is 30.3 Å². The van der Waals surface area contributed by atoms with E-state index in [9.17, 15) is 4.79 Å². The molecule has 1 aromatic carbocycles. The van der Waals surface area contributed by atoms with Crippen LogP contribution in [-0.2, 0) is 16.1 Å². The van der Waals surface area contributed by atoms with Crippen molar-refractivity contribution < 1.29 is 9.53 Å². The average molecular weight is 316 g/mol. The molecule has 0 bridgehead atoms. The van der Waals surface area contributed by atoms with E-state index < -0.39 is 0 Å². The van der Waals surface area contributed by atoms with Gasteiger partial charge in [-0.2, -0.15) is 0 Å². The molecule has 2 aliphatic heterocycles. The lowest BCUT2D eigenvalue weighted by Crippen LogP contribution is -2.54. The van der Waals surface area contributed by atoms with Crippen LogP contribution in [0, 0.1) is 0 Å². The lowest BCUT2D eigenvalue weighted by atomic mass is 10.1. The zero-order chi connectivity index (χ0) is 15.9. The fourth-order valence-electron chi connectivity index (χ4n) is 3.33. The van der Waals surface area contributed by atoms with Gasteiger partial charge in [0.1, 0.15) is 0 Å². The van der Waals surface area contributed by atoms with Gasteiger partial charge in [-0.05, 0) is 44.5 Å². The molecule has 1 aromatic rings. The number of rotatable bonds is 7. The van der Waals surface area contributed by atoms with Crippen LogP contribution in [0.5, 0.6) is 0 Å². The van der Waals surface area contributed by atoms with Gasteiger partial charge in [0.05, 0.1) is 12.7 Å². The summed E-state index contributed by atoms with van der Waals surface area (Å²) >= 11 is 0. The highest BCUT2D eigenvalue weighted by Crippen LogP contribution is 2.16. The van der Waals surface area contributed by atoms with E-state index in [-0.39, 0.29) is 6.10 Å². The minimum absolute atomic E-state index is 0.209. The van der Waals surface area contributed by atoms with Gasteiger partial charge in [0.25, 0.3) is 0 Å². The van der Waals surface area contributed by atoms with Gasteiger partial charge < -0.3 is 14.5 Å². The fraction of sp³-hybridized carbons (Fsp3) is 0.632. The zero-order valence-corrected chi connectivity index (χ0v) is 14.0. The number of carbonyl (C=O) groups excluding carboxylic acids is 1. The molecule has 0 atom stereocenters. The molecule has 0 saturated carbocycles. The summed E-state index contributed by atoms with van der Waals surface area (Å²) in [5.41, 5.74) is 1.19. The van der Waals surface area contributed by atoms with Crippen LogP contribution in [-0.4, -0.2) is 54.5 Å². The normalized spacial score (nSPS) is 19.6. The van der Waals surface area contributed by atoms with Crippen molar-refractivity contribution in [2.75, 3.05) is 32.7 Å². The third kappa shape index (κ3) is 5.05. The van der Waals surface area contributed by atoms with Gasteiger partial charge in [-0.15, -0.1) is 0 Å². The predicted molar refractivity (Wildman–Crippen MR) is 91.1 cm³/mol.